The molecule has 6 heteroatoms. The number of nitrogen functional groups attached to an aromatic ring is 1. The molecule has 0 radical (unpaired) electrons. The normalized spacial score (nSPS) is 16.9. The van der Waals surface area contributed by atoms with Crippen molar-refractivity contribution in [1.29, 1.82) is 0 Å². The Bertz CT molecular complexity index is 471. The lowest BCUT2D eigenvalue weighted by molar-refractivity contribution is 0.0932. The van der Waals surface area contributed by atoms with E-state index < -0.39 is 0 Å². The molecule has 110 valence electrons. The van der Waals surface area contributed by atoms with Crippen molar-refractivity contribution in [2.24, 2.45) is 5.84 Å². The molecule has 1 aliphatic heterocycles. The highest BCUT2D eigenvalue weighted by molar-refractivity contribution is 5.99. The third kappa shape index (κ3) is 3.68. The molecule has 0 aromatic carbocycles. The molecule has 1 fully saturated rings. The van der Waals surface area contributed by atoms with Gasteiger partial charge in [-0.1, -0.05) is 0 Å². The summed E-state index contributed by atoms with van der Waals surface area (Å²) in [4.78, 5) is 18.8. The molecule has 0 aliphatic carbocycles. The van der Waals surface area contributed by atoms with Crippen molar-refractivity contribution in [2.45, 2.75) is 32.7 Å². The van der Waals surface area contributed by atoms with Crippen molar-refractivity contribution in [3.63, 3.8) is 0 Å². The summed E-state index contributed by atoms with van der Waals surface area (Å²) in [6.45, 7) is 7.02. The van der Waals surface area contributed by atoms with E-state index in [1.54, 1.807) is 12.3 Å². The zero-order valence-corrected chi connectivity index (χ0v) is 12.1. The summed E-state index contributed by atoms with van der Waals surface area (Å²) in [7, 11) is 0. The van der Waals surface area contributed by atoms with Crippen LogP contribution in [-0.2, 0) is 0 Å². The van der Waals surface area contributed by atoms with Crippen molar-refractivity contribution in [2.75, 3.05) is 25.1 Å². The molecule has 20 heavy (non-hydrogen) atoms. The third-order valence-corrected chi connectivity index (χ3v) is 3.55. The number of carbonyl (C=O) groups excluding carboxylic acids is 1. The summed E-state index contributed by atoms with van der Waals surface area (Å²) in [5, 5.41) is 3.00. The minimum Gasteiger partial charge on any atom is -0.348 e. The zero-order chi connectivity index (χ0) is 14.5. The molecule has 0 spiro atoms. The van der Waals surface area contributed by atoms with Crippen molar-refractivity contribution in [3.05, 3.63) is 23.5 Å². The number of nitrogens with zero attached hydrogens (tertiary/aromatic N) is 2. The number of aryl methyl sites for hydroxylation is 1. The molecule has 0 bridgehead atoms. The molecule has 1 aromatic rings. The third-order valence-electron chi connectivity index (χ3n) is 3.55. The number of anilines is 1. The van der Waals surface area contributed by atoms with Gasteiger partial charge in [0.1, 0.15) is 0 Å². The number of nitrogens with one attached hydrogen (secondary N) is 2. The monoisotopic (exact) mass is 277 g/mol. The van der Waals surface area contributed by atoms with Crippen LogP contribution in [0.5, 0.6) is 0 Å². The molecule has 1 amide bonds. The molecule has 1 atom stereocenters. The number of hydrogen-bond donors (Lipinski definition) is 3. The second-order valence-corrected chi connectivity index (χ2v) is 5.40. The van der Waals surface area contributed by atoms with Gasteiger partial charge in [0.05, 0.1) is 11.3 Å². The minimum absolute atomic E-state index is 0.104. The summed E-state index contributed by atoms with van der Waals surface area (Å²) in [5.41, 5.74) is 4.45. The van der Waals surface area contributed by atoms with E-state index in [-0.39, 0.29) is 11.9 Å². The summed E-state index contributed by atoms with van der Waals surface area (Å²) >= 11 is 0. The fourth-order valence-electron chi connectivity index (χ4n) is 2.56. The van der Waals surface area contributed by atoms with Crippen LogP contribution in [0, 0.1) is 6.92 Å². The first-order chi connectivity index (χ1) is 9.60. The van der Waals surface area contributed by atoms with Gasteiger partial charge in [-0.3, -0.25) is 15.6 Å². The Hall–Kier alpha value is -1.66. The van der Waals surface area contributed by atoms with Gasteiger partial charge in [-0.2, -0.15) is 0 Å². The minimum atomic E-state index is -0.142. The summed E-state index contributed by atoms with van der Waals surface area (Å²) in [6, 6.07) is 1.87. The first-order valence-electron chi connectivity index (χ1n) is 7.06. The number of carbonyl (C=O) groups is 1. The summed E-state index contributed by atoms with van der Waals surface area (Å²) < 4.78 is 0. The highest BCUT2D eigenvalue weighted by atomic mass is 16.1. The fraction of sp³-hybridized carbons (Fsp3) is 0.571. The Morgan fingerprint density at radius 2 is 2.20 bits per heavy atom. The molecular weight excluding hydrogens is 254 g/mol. The maximum Gasteiger partial charge on any atom is 0.255 e. The molecule has 2 heterocycles. The first kappa shape index (κ1) is 14.7. The number of likely N-dealkylation sites (tertiary alicyclic amines) is 1. The maximum atomic E-state index is 12.3. The van der Waals surface area contributed by atoms with E-state index in [4.69, 9.17) is 5.84 Å². The van der Waals surface area contributed by atoms with Gasteiger partial charge < -0.3 is 15.6 Å². The molecule has 1 aromatic heterocycles. The highest BCUT2D eigenvalue weighted by Crippen LogP contribution is 2.14. The highest BCUT2D eigenvalue weighted by Gasteiger charge is 2.18. The van der Waals surface area contributed by atoms with Crippen LogP contribution in [0.15, 0.2) is 12.3 Å². The molecule has 1 aliphatic rings. The van der Waals surface area contributed by atoms with Gasteiger partial charge in [0.15, 0.2) is 0 Å². The van der Waals surface area contributed by atoms with Gasteiger partial charge in [0, 0.05) is 24.5 Å². The lowest BCUT2D eigenvalue weighted by Gasteiger charge is -2.21. The van der Waals surface area contributed by atoms with Crippen LogP contribution in [0.2, 0.25) is 0 Å². The van der Waals surface area contributed by atoms with E-state index in [0.717, 1.165) is 25.3 Å². The van der Waals surface area contributed by atoms with Crippen molar-refractivity contribution >= 4 is 11.6 Å². The average molecular weight is 277 g/mol. The van der Waals surface area contributed by atoms with Gasteiger partial charge in [0.2, 0.25) is 0 Å². The first-order valence-corrected chi connectivity index (χ1v) is 7.06. The van der Waals surface area contributed by atoms with E-state index in [9.17, 15) is 4.79 Å². The predicted octanol–water partition coefficient (Wildman–Crippen LogP) is 0.890. The van der Waals surface area contributed by atoms with E-state index in [1.165, 1.54) is 12.8 Å². The molecule has 1 unspecified atom stereocenters. The van der Waals surface area contributed by atoms with Crippen LogP contribution in [0.1, 0.15) is 35.8 Å². The lowest BCUT2D eigenvalue weighted by Crippen LogP contribution is -2.41. The largest absolute Gasteiger partial charge is 0.348 e. The van der Waals surface area contributed by atoms with Crippen molar-refractivity contribution in [1.82, 2.24) is 15.2 Å². The molecule has 4 N–H and O–H groups in total. The molecule has 6 nitrogen and oxygen atoms in total. The Kier molecular flexibility index (Phi) is 4.92. The van der Waals surface area contributed by atoms with Crippen LogP contribution in [0.3, 0.4) is 0 Å². The Labute approximate surface area is 119 Å². The number of hydrogen-bond acceptors (Lipinski definition) is 5. The fourth-order valence-corrected chi connectivity index (χ4v) is 2.56. The van der Waals surface area contributed by atoms with Gasteiger partial charge in [-0.25, -0.2) is 0 Å². The van der Waals surface area contributed by atoms with Gasteiger partial charge >= 0.3 is 0 Å². The number of hydrazine groups is 1. The zero-order valence-electron chi connectivity index (χ0n) is 12.1. The number of pyridine rings is 1. The van der Waals surface area contributed by atoms with E-state index in [2.05, 4.69) is 20.6 Å². The van der Waals surface area contributed by atoms with E-state index >= 15 is 0 Å². The van der Waals surface area contributed by atoms with E-state index in [0.29, 0.717) is 11.3 Å². The number of rotatable bonds is 5. The number of amides is 1. The van der Waals surface area contributed by atoms with Crippen LogP contribution in [0.4, 0.5) is 5.69 Å². The van der Waals surface area contributed by atoms with E-state index in [1.807, 2.05) is 13.8 Å². The second-order valence-electron chi connectivity index (χ2n) is 5.40. The standard InChI is InChI=1S/C14H23N5O/c1-10-7-13(18-15)12(8-16-10)14(20)17-11(2)9-19-5-3-4-6-19/h7-8,11H,3-6,9,15H2,1-2H3,(H,16,18)(H,17,20). The molecule has 2 rings (SSSR count). The average Bonchev–Trinajstić information content (AvgIpc) is 2.90. The van der Waals surface area contributed by atoms with Crippen LogP contribution >= 0.6 is 0 Å². The topological polar surface area (TPSA) is 83.3 Å². The van der Waals surface area contributed by atoms with Gasteiger partial charge in [-0.15, -0.1) is 0 Å². The molecule has 1 saturated heterocycles. The van der Waals surface area contributed by atoms with Gasteiger partial charge in [0.25, 0.3) is 5.91 Å². The quantitative estimate of drug-likeness (QED) is 0.550. The molecular formula is C14H23N5O. The second kappa shape index (κ2) is 6.67. The summed E-state index contributed by atoms with van der Waals surface area (Å²) in [6.07, 6.45) is 4.07. The Morgan fingerprint density at radius 3 is 2.85 bits per heavy atom. The number of nitrogens with two attached hydrogens (primary N) is 1. The smallest absolute Gasteiger partial charge is 0.255 e. The number of aromatic nitrogens is 1. The maximum absolute atomic E-state index is 12.3. The van der Waals surface area contributed by atoms with Crippen LogP contribution in [-0.4, -0.2) is 41.5 Å². The Balaban J connectivity index is 1.96. The van der Waals surface area contributed by atoms with Crippen molar-refractivity contribution in [3.8, 4) is 0 Å². The van der Waals surface area contributed by atoms with Crippen LogP contribution < -0.4 is 16.6 Å². The van der Waals surface area contributed by atoms with Gasteiger partial charge in [-0.05, 0) is 45.8 Å². The Morgan fingerprint density at radius 1 is 1.50 bits per heavy atom. The molecule has 0 saturated carbocycles. The summed E-state index contributed by atoms with van der Waals surface area (Å²) in [5.74, 6) is 5.31. The lowest BCUT2D eigenvalue weighted by atomic mass is 10.2. The van der Waals surface area contributed by atoms with Crippen LogP contribution in [0.25, 0.3) is 0 Å². The predicted molar refractivity (Wildman–Crippen MR) is 79.4 cm³/mol. The van der Waals surface area contributed by atoms with Crippen molar-refractivity contribution < 1.29 is 4.79 Å². The SMILES string of the molecule is Cc1cc(NN)c(C(=O)NC(C)CN2CCCC2)cn1.